The average molecular weight is 487 g/mol. The Balaban J connectivity index is 1.02. The Bertz CT molecular complexity index is 1200. The number of hydrogen-bond donors (Lipinski definition) is 1. The van der Waals surface area contributed by atoms with Crippen LogP contribution in [-0.2, 0) is 13.2 Å². The molecule has 0 saturated carbocycles. The maximum atomic E-state index is 13.1. The third-order valence-electron chi connectivity index (χ3n) is 6.43. The zero-order valence-electron chi connectivity index (χ0n) is 20.3. The number of nitrogens with one attached hydrogen (secondary N) is 1. The van der Waals surface area contributed by atoms with Crippen LogP contribution in [-0.4, -0.2) is 49.3 Å². The van der Waals surface area contributed by atoms with Crippen molar-refractivity contribution in [2.45, 2.75) is 13.2 Å². The van der Waals surface area contributed by atoms with Crippen LogP contribution < -0.4 is 15.0 Å². The number of rotatable bonds is 10. The molecule has 1 N–H and O–H groups in total. The fourth-order valence-electron chi connectivity index (χ4n) is 4.33. The Morgan fingerprint density at radius 2 is 1.64 bits per heavy atom. The van der Waals surface area contributed by atoms with Gasteiger partial charge in [-0.1, -0.05) is 35.5 Å². The van der Waals surface area contributed by atoms with Gasteiger partial charge in [-0.2, -0.15) is 0 Å². The topological polar surface area (TPSA) is 53.8 Å². The van der Waals surface area contributed by atoms with Crippen molar-refractivity contribution < 1.29 is 13.7 Å². The second-order valence-electron chi connectivity index (χ2n) is 8.96. The summed E-state index contributed by atoms with van der Waals surface area (Å²) in [5.74, 6) is 1.45. The zero-order chi connectivity index (χ0) is 24.6. The van der Waals surface area contributed by atoms with Crippen molar-refractivity contribution in [2.24, 2.45) is 0 Å². The minimum atomic E-state index is -0.190. The summed E-state index contributed by atoms with van der Waals surface area (Å²) in [7, 11) is 0. The first-order valence-electron chi connectivity index (χ1n) is 12.4. The van der Waals surface area contributed by atoms with Crippen molar-refractivity contribution in [3.63, 3.8) is 0 Å². The molecule has 0 radical (unpaired) electrons. The Morgan fingerprint density at radius 3 is 2.39 bits per heavy atom. The van der Waals surface area contributed by atoms with Crippen LogP contribution in [0.4, 0.5) is 10.1 Å². The van der Waals surface area contributed by atoms with E-state index < -0.39 is 0 Å². The van der Waals surface area contributed by atoms with Gasteiger partial charge >= 0.3 is 0 Å². The van der Waals surface area contributed by atoms with Crippen LogP contribution in [0.3, 0.4) is 0 Å². The largest absolute Gasteiger partial charge is 0.489 e. The molecule has 0 unspecified atom stereocenters. The van der Waals surface area contributed by atoms with Crippen molar-refractivity contribution in [2.75, 3.05) is 44.2 Å². The zero-order valence-corrected chi connectivity index (χ0v) is 20.3. The van der Waals surface area contributed by atoms with Crippen LogP contribution in [0.5, 0.6) is 5.75 Å². The normalized spacial score (nSPS) is 14.2. The van der Waals surface area contributed by atoms with Crippen LogP contribution >= 0.6 is 0 Å². The molecule has 0 spiro atoms. The second kappa shape index (κ2) is 11.8. The van der Waals surface area contributed by atoms with E-state index in [0.717, 1.165) is 73.3 Å². The van der Waals surface area contributed by atoms with E-state index in [1.807, 2.05) is 60.7 Å². The SMILES string of the molecule is Fc1ccc(N2CCN(CCNCc3cc(-c4ccc(OCc5ccccc5)cc4)no3)CC2)cc1. The fraction of sp³-hybridized carbons (Fsp3) is 0.276. The number of nitrogens with zero attached hydrogens (tertiary/aromatic N) is 3. The molecule has 3 aromatic carbocycles. The molecule has 2 heterocycles. The van der Waals surface area contributed by atoms with Crippen molar-refractivity contribution in [1.29, 1.82) is 0 Å². The van der Waals surface area contributed by atoms with E-state index in [1.165, 1.54) is 12.1 Å². The second-order valence-corrected chi connectivity index (χ2v) is 8.96. The van der Waals surface area contributed by atoms with Crippen LogP contribution in [0.2, 0.25) is 0 Å². The summed E-state index contributed by atoms with van der Waals surface area (Å²) in [5, 5.41) is 7.68. The summed E-state index contributed by atoms with van der Waals surface area (Å²) >= 11 is 0. The van der Waals surface area contributed by atoms with E-state index in [2.05, 4.69) is 32.4 Å². The monoisotopic (exact) mass is 486 g/mol. The summed E-state index contributed by atoms with van der Waals surface area (Å²) in [6.07, 6.45) is 0. The summed E-state index contributed by atoms with van der Waals surface area (Å²) in [5.41, 5.74) is 4.04. The molecule has 1 saturated heterocycles. The Kier molecular flexibility index (Phi) is 7.90. The molecule has 0 atom stereocenters. The lowest BCUT2D eigenvalue weighted by atomic mass is 10.1. The van der Waals surface area contributed by atoms with Gasteiger partial charge in [-0.15, -0.1) is 0 Å². The molecule has 186 valence electrons. The third kappa shape index (κ3) is 6.50. The molecule has 1 aliphatic rings. The number of piperazine rings is 1. The average Bonchev–Trinajstić information content (AvgIpc) is 3.41. The maximum absolute atomic E-state index is 13.1. The lowest BCUT2D eigenvalue weighted by Gasteiger charge is -2.36. The number of halogens is 1. The lowest BCUT2D eigenvalue weighted by Crippen LogP contribution is -2.48. The highest BCUT2D eigenvalue weighted by molar-refractivity contribution is 5.59. The van der Waals surface area contributed by atoms with E-state index in [0.29, 0.717) is 13.2 Å². The fourth-order valence-corrected chi connectivity index (χ4v) is 4.33. The predicted molar refractivity (Wildman–Crippen MR) is 139 cm³/mol. The van der Waals surface area contributed by atoms with Gasteiger partial charge in [-0.25, -0.2) is 4.39 Å². The molecule has 1 fully saturated rings. The molecular weight excluding hydrogens is 455 g/mol. The molecule has 4 aromatic rings. The Labute approximate surface area is 211 Å². The van der Waals surface area contributed by atoms with E-state index in [9.17, 15) is 4.39 Å². The molecule has 0 bridgehead atoms. The highest BCUT2D eigenvalue weighted by Crippen LogP contribution is 2.23. The Hall–Kier alpha value is -3.68. The van der Waals surface area contributed by atoms with Crippen LogP contribution in [0.1, 0.15) is 11.3 Å². The Morgan fingerprint density at radius 1 is 0.889 bits per heavy atom. The van der Waals surface area contributed by atoms with E-state index >= 15 is 0 Å². The summed E-state index contributed by atoms with van der Waals surface area (Å²) in [6.45, 7) is 6.93. The molecule has 0 amide bonds. The van der Waals surface area contributed by atoms with Gasteiger partial charge in [-0.05, 0) is 54.1 Å². The summed E-state index contributed by atoms with van der Waals surface area (Å²) in [4.78, 5) is 4.75. The molecule has 0 aliphatic carbocycles. The van der Waals surface area contributed by atoms with Gasteiger partial charge < -0.3 is 19.5 Å². The van der Waals surface area contributed by atoms with Crippen molar-refractivity contribution in [1.82, 2.24) is 15.4 Å². The van der Waals surface area contributed by atoms with Gasteiger partial charge in [0.2, 0.25) is 0 Å². The summed E-state index contributed by atoms with van der Waals surface area (Å²) in [6, 6.07) is 26.8. The van der Waals surface area contributed by atoms with Gasteiger partial charge in [-0.3, -0.25) is 4.90 Å². The molecule has 7 heteroatoms. The minimum absolute atomic E-state index is 0.190. The molecular formula is C29H31FN4O2. The standard InChI is InChI=1S/C29H31FN4O2/c30-25-8-10-26(11-9-25)34-18-16-33(17-19-34)15-14-31-21-28-20-29(32-36-28)24-6-12-27(13-7-24)35-22-23-4-2-1-3-5-23/h1-13,20,31H,14-19,21-22H2. The van der Waals surface area contributed by atoms with Gasteiger partial charge in [0.25, 0.3) is 0 Å². The predicted octanol–water partition coefficient (Wildman–Crippen LogP) is 4.97. The molecule has 6 nitrogen and oxygen atoms in total. The lowest BCUT2D eigenvalue weighted by molar-refractivity contribution is 0.255. The minimum Gasteiger partial charge on any atom is -0.489 e. The smallest absolute Gasteiger partial charge is 0.151 e. The van der Waals surface area contributed by atoms with E-state index in [-0.39, 0.29) is 5.82 Å². The van der Waals surface area contributed by atoms with Gasteiger partial charge in [0.05, 0.1) is 6.54 Å². The third-order valence-corrected chi connectivity index (χ3v) is 6.43. The molecule has 1 aliphatic heterocycles. The van der Waals surface area contributed by atoms with E-state index in [4.69, 9.17) is 9.26 Å². The van der Waals surface area contributed by atoms with Crippen LogP contribution in [0, 0.1) is 5.82 Å². The first kappa shape index (κ1) is 24.0. The number of aromatic nitrogens is 1. The van der Waals surface area contributed by atoms with Crippen molar-refractivity contribution in [3.05, 3.63) is 102 Å². The van der Waals surface area contributed by atoms with Crippen molar-refractivity contribution in [3.8, 4) is 17.0 Å². The molecule has 1 aromatic heterocycles. The van der Waals surface area contributed by atoms with Crippen LogP contribution in [0.25, 0.3) is 11.3 Å². The maximum Gasteiger partial charge on any atom is 0.151 e. The number of ether oxygens (including phenoxy) is 1. The van der Waals surface area contributed by atoms with E-state index in [1.54, 1.807) is 0 Å². The highest BCUT2D eigenvalue weighted by atomic mass is 19.1. The number of hydrogen-bond acceptors (Lipinski definition) is 6. The van der Waals surface area contributed by atoms with Gasteiger partial charge in [0.1, 0.15) is 23.9 Å². The summed E-state index contributed by atoms with van der Waals surface area (Å²) < 4.78 is 24.5. The highest BCUT2D eigenvalue weighted by Gasteiger charge is 2.17. The van der Waals surface area contributed by atoms with Crippen LogP contribution in [0.15, 0.2) is 89.5 Å². The first-order valence-corrected chi connectivity index (χ1v) is 12.4. The van der Waals surface area contributed by atoms with Gasteiger partial charge in [0, 0.05) is 56.6 Å². The molecule has 5 rings (SSSR count). The number of benzene rings is 3. The van der Waals surface area contributed by atoms with Crippen molar-refractivity contribution >= 4 is 5.69 Å². The quantitative estimate of drug-likeness (QED) is 0.320. The number of anilines is 1. The first-order chi connectivity index (χ1) is 17.7. The molecule has 36 heavy (non-hydrogen) atoms. The van der Waals surface area contributed by atoms with Gasteiger partial charge in [0.15, 0.2) is 5.76 Å².